The van der Waals surface area contributed by atoms with Crippen LogP contribution in [0.1, 0.15) is 58.8 Å². The van der Waals surface area contributed by atoms with Gasteiger partial charge in [-0.05, 0) is 51.5 Å². The lowest BCUT2D eigenvalue weighted by Crippen LogP contribution is -2.40. The van der Waals surface area contributed by atoms with Crippen LogP contribution in [0.5, 0.6) is 0 Å². The second-order valence-electron chi connectivity index (χ2n) is 6.08. The maximum absolute atomic E-state index is 12.2. The van der Waals surface area contributed by atoms with Gasteiger partial charge in [-0.15, -0.1) is 0 Å². The van der Waals surface area contributed by atoms with Crippen LogP contribution in [0.2, 0.25) is 0 Å². The van der Waals surface area contributed by atoms with Crippen molar-refractivity contribution < 1.29 is 9.53 Å². The molecular formula is C15H27NO2. The summed E-state index contributed by atoms with van der Waals surface area (Å²) in [6.07, 6.45) is 7.98. The Balaban J connectivity index is 1.79. The van der Waals surface area contributed by atoms with Gasteiger partial charge in [0, 0.05) is 6.04 Å². The van der Waals surface area contributed by atoms with Crippen LogP contribution >= 0.6 is 0 Å². The number of carbonyl (C=O) groups is 1. The average molecular weight is 253 g/mol. The fourth-order valence-electron chi connectivity index (χ4n) is 3.33. The summed E-state index contributed by atoms with van der Waals surface area (Å²) >= 11 is 0. The highest BCUT2D eigenvalue weighted by atomic mass is 16.5. The van der Waals surface area contributed by atoms with Crippen molar-refractivity contribution in [3.63, 3.8) is 0 Å². The van der Waals surface area contributed by atoms with Crippen molar-refractivity contribution in [3.8, 4) is 0 Å². The van der Waals surface area contributed by atoms with Crippen LogP contribution in [0.3, 0.4) is 0 Å². The van der Waals surface area contributed by atoms with Crippen molar-refractivity contribution >= 4 is 5.97 Å². The first-order chi connectivity index (χ1) is 8.69. The van der Waals surface area contributed by atoms with Crippen molar-refractivity contribution in [1.82, 2.24) is 5.32 Å². The number of hydrogen-bond acceptors (Lipinski definition) is 3. The molecule has 4 atom stereocenters. The third-order valence-corrected chi connectivity index (χ3v) is 4.55. The van der Waals surface area contributed by atoms with E-state index in [0.717, 1.165) is 38.1 Å². The first-order valence-electron chi connectivity index (χ1n) is 7.63. The topological polar surface area (TPSA) is 38.3 Å². The Morgan fingerprint density at radius 2 is 2.11 bits per heavy atom. The molecule has 0 radical (unpaired) electrons. The lowest BCUT2D eigenvalue weighted by atomic mass is 9.85. The van der Waals surface area contributed by atoms with E-state index in [0.29, 0.717) is 6.04 Å². The maximum Gasteiger partial charge on any atom is 0.309 e. The molecule has 2 fully saturated rings. The van der Waals surface area contributed by atoms with Gasteiger partial charge >= 0.3 is 5.97 Å². The van der Waals surface area contributed by atoms with E-state index in [4.69, 9.17) is 4.74 Å². The summed E-state index contributed by atoms with van der Waals surface area (Å²) in [6.45, 7) is 5.33. The summed E-state index contributed by atoms with van der Waals surface area (Å²) in [7, 11) is 0. The molecule has 2 aliphatic rings. The van der Waals surface area contributed by atoms with Gasteiger partial charge in [-0.3, -0.25) is 4.79 Å². The van der Waals surface area contributed by atoms with E-state index >= 15 is 0 Å². The smallest absolute Gasteiger partial charge is 0.309 e. The van der Waals surface area contributed by atoms with Crippen LogP contribution in [0.25, 0.3) is 0 Å². The summed E-state index contributed by atoms with van der Waals surface area (Å²) in [4.78, 5) is 12.2. The summed E-state index contributed by atoms with van der Waals surface area (Å²) < 4.78 is 5.74. The van der Waals surface area contributed by atoms with Gasteiger partial charge in [-0.25, -0.2) is 0 Å². The number of carbonyl (C=O) groups excluding carboxylic acids is 1. The fourth-order valence-corrected chi connectivity index (χ4v) is 3.33. The van der Waals surface area contributed by atoms with Gasteiger partial charge in [-0.1, -0.05) is 19.8 Å². The van der Waals surface area contributed by atoms with Gasteiger partial charge in [0.1, 0.15) is 6.10 Å². The maximum atomic E-state index is 12.2. The highest BCUT2D eigenvalue weighted by Gasteiger charge is 2.29. The highest BCUT2D eigenvalue weighted by Crippen LogP contribution is 2.29. The number of nitrogens with one attached hydrogen (secondary N) is 1. The number of piperidine rings is 1. The second kappa shape index (κ2) is 6.55. The number of esters is 1. The van der Waals surface area contributed by atoms with Crippen LogP contribution in [0.15, 0.2) is 0 Å². The van der Waals surface area contributed by atoms with Crippen LogP contribution < -0.4 is 5.32 Å². The molecule has 0 spiro atoms. The third kappa shape index (κ3) is 3.71. The Morgan fingerprint density at radius 1 is 1.28 bits per heavy atom. The molecule has 4 unspecified atom stereocenters. The Bertz CT molecular complexity index is 280. The van der Waals surface area contributed by atoms with Gasteiger partial charge < -0.3 is 10.1 Å². The van der Waals surface area contributed by atoms with Crippen molar-refractivity contribution in [2.75, 3.05) is 6.54 Å². The van der Waals surface area contributed by atoms with Crippen LogP contribution in [-0.4, -0.2) is 24.7 Å². The number of ether oxygens (including phenoxy) is 1. The average Bonchev–Trinajstić information content (AvgIpc) is 2.39. The minimum atomic E-state index is 0.0603. The quantitative estimate of drug-likeness (QED) is 0.786. The zero-order valence-corrected chi connectivity index (χ0v) is 11.8. The lowest BCUT2D eigenvalue weighted by Gasteiger charge is -2.31. The predicted molar refractivity (Wildman–Crippen MR) is 72.3 cm³/mol. The van der Waals surface area contributed by atoms with Gasteiger partial charge in [0.25, 0.3) is 0 Å². The molecule has 0 amide bonds. The van der Waals surface area contributed by atoms with E-state index in [1.54, 1.807) is 0 Å². The SMILES string of the molecule is CCC1CCCC(OC(=O)C2CCNC(C)C2)C1. The van der Waals surface area contributed by atoms with Crippen molar-refractivity contribution in [2.45, 2.75) is 70.9 Å². The zero-order chi connectivity index (χ0) is 13.0. The molecule has 0 bridgehead atoms. The standard InChI is InChI=1S/C15H27NO2/c1-3-12-5-4-6-14(10-12)18-15(17)13-7-8-16-11(2)9-13/h11-14,16H,3-10H2,1-2H3. The first-order valence-corrected chi connectivity index (χ1v) is 7.63. The monoisotopic (exact) mass is 253 g/mol. The summed E-state index contributed by atoms with van der Waals surface area (Å²) in [5, 5.41) is 3.38. The molecule has 3 nitrogen and oxygen atoms in total. The molecule has 2 rings (SSSR count). The molecule has 1 heterocycles. The number of rotatable bonds is 3. The summed E-state index contributed by atoms with van der Waals surface area (Å²) in [5.41, 5.74) is 0. The Hall–Kier alpha value is -0.570. The Kier molecular flexibility index (Phi) is 5.04. The van der Waals surface area contributed by atoms with E-state index in [1.807, 2.05) is 0 Å². The van der Waals surface area contributed by atoms with E-state index in [1.165, 1.54) is 19.3 Å². The van der Waals surface area contributed by atoms with E-state index < -0.39 is 0 Å². The molecule has 1 saturated carbocycles. The molecule has 0 aromatic rings. The normalized spacial score (nSPS) is 37.2. The second-order valence-corrected chi connectivity index (χ2v) is 6.08. The summed E-state index contributed by atoms with van der Waals surface area (Å²) in [6, 6.07) is 0.450. The molecule has 1 saturated heterocycles. The van der Waals surface area contributed by atoms with Gasteiger partial charge in [0.05, 0.1) is 5.92 Å². The minimum absolute atomic E-state index is 0.0603. The van der Waals surface area contributed by atoms with Gasteiger partial charge in [0.15, 0.2) is 0 Å². The van der Waals surface area contributed by atoms with E-state index in [2.05, 4.69) is 19.2 Å². The molecule has 1 aliphatic heterocycles. The van der Waals surface area contributed by atoms with Crippen molar-refractivity contribution in [1.29, 1.82) is 0 Å². The van der Waals surface area contributed by atoms with Crippen molar-refractivity contribution in [3.05, 3.63) is 0 Å². The molecule has 104 valence electrons. The van der Waals surface area contributed by atoms with Crippen LogP contribution in [0.4, 0.5) is 0 Å². The van der Waals surface area contributed by atoms with Crippen LogP contribution in [-0.2, 0) is 9.53 Å². The van der Waals surface area contributed by atoms with Gasteiger partial charge in [0.2, 0.25) is 0 Å². The van der Waals surface area contributed by atoms with Crippen molar-refractivity contribution in [2.24, 2.45) is 11.8 Å². The van der Waals surface area contributed by atoms with E-state index in [-0.39, 0.29) is 18.0 Å². The molecular weight excluding hydrogens is 226 g/mol. The summed E-state index contributed by atoms with van der Waals surface area (Å²) in [5.74, 6) is 0.955. The Labute approximate surface area is 111 Å². The molecule has 0 aromatic carbocycles. The zero-order valence-electron chi connectivity index (χ0n) is 11.8. The Morgan fingerprint density at radius 3 is 2.83 bits per heavy atom. The van der Waals surface area contributed by atoms with Gasteiger partial charge in [-0.2, -0.15) is 0 Å². The minimum Gasteiger partial charge on any atom is -0.462 e. The largest absolute Gasteiger partial charge is 0.462 e. The molecule has 1 N–H and O–H groups in total. The molecule has 0 aromatic heterocycles. The van der Waals surface area contributed by atoms with Crippen LogP contribution in [0, 0.1) is 11.8 Å². The third-order valence-electron chi connectivity index (χ3n) is 4.55. The lowest BCUT2D eigenvalue weighted by molar-refractivity contribution is -0.157. The molecule has 3 heteroatoms. The first kappa shape index (κ1) is 13.9. The highest BCUT2D eigenvalue weighted by molar-refractivity contribution is 5.72. The molecule has 18 heavy (non-hydrogen) atoms. The predicted octanol–water partition coefficient (Wildman–Crippen LogP) is 2.89. The molecule has 1 aliphatic carbocycles. The van der Waals surface area contributed by atoms with E-state index in [9.17, 15) is 4.79 Å². The fraction of sp³-hybridized carbons (Fsp3) is 0.933. The number of hydrogen-bond donors (Lipinski definition) is 1.